The molecule has 12 nitrogen and oxygen atoms in total. The van der Waals surface area contributed by atoms with Crippen LogP contribution in [0.5, 0.6) is 11.5 Å². The van der Waals surface area contributed by atoms with E-state index in [1.165, 1.54) is 0 Å². The summed E-state index contributed by atoms with van der Waals surface area (Å²) in [6.07, 6.45) is 5.52. The van der Waals surface area contributed by atoms with E-state index in [1.807, 2.05) is 27.7 Å². The molecule has 3 saturated heterocycles. The summed E-state index contributed by atoms with van der Waals surface area (Å²) in [5.41, 5.74) is 2.31. The molecule has 0 saturated carbocycles. The van der Waals surface area contributed by atoms with Crippen LogP contribution >= 0.6 is 0 Å². The molecule has 39 heavy (non-hydrogen) atoms. The predicted octanol–water partition coefficient (Wildman–Crippen LogP) is 2.22. The highest BCUT2D eigenvalue weighted by Crippen LogP contribution is 2.36. The molecule has 0 radical (unpaired) electrons. The average molecular weight is 535 g/mol. The molecule has 6 heterocycles. The van der Waals surface area contributed by atoms with Crippen LogP contribution in [0.2, 0.25) is 0 Å². The summed E-state index contributed by atoms with van der Waals surface area (Å²) in [6, 6.07) is 6.33. The van der Waals surface area contributed by atoms with Gasteiger partial charge in [0, 0.05) is 70.0 Å². The van der Waals surface area contributed by atoms with Crippen molar-refractivity contribution in [2.24, 2.45) is 0 Å². The molecule has 0 unspecified atom stereocenters. The van der Waals surface area contributed by atoms with E-state index in [0.29, 0.717) is 48.6 Å². The van der Waals surface area contributed by atoms with Crippen LogP contribution in [0.3, 0.4) is 0 Å². The molecule has 1 aromatic carbocycles. The fraction of sp³-hybridized carbons (Fsp3) is 0.556. The number of piperidine rings is 1. The van der Waals surface area contributed by atoms with E-state index in [1.54, 1.807) is 6.33 Å². The van der Waals surface area contributed by atoms with E-state index in [2.05, 4.69) is 15.1 Å². The first-order valence-corrected chi connectivity index (χ1v) is 14.0. The van der Waals surface area contributed by atoms with Crippen molar-refractivity contribution >= 4 is 34.5 Å². The third-order valence-corrected chi connectivity index (χ3v) is 8.18. The SMILES string of the molecule is O=C1CCCN1CCn1cnc2c(Nc3ccc4c(c3)OCO4)nc(N3CCC(N4CCOCC4)CC3)nc21. The van der Waals surface area contributed by atoms with Gasteiger partial charge in [0.25, 0.3) is 0 Å². The number of hydrogen-bond acceptors (Lipinski definition) is 10. The lowest BCUT2D eigenvalue weighted by Gasteiger charge is -2.40. The molecule has 0 spiro atoms. The van der Waals surface area contributed by atoms with Gasteiger partial charge in [-0.25, -0.2) is 4.98 Å². The summed E-state index contributed by atoms with van der Waals surface area (Å²) in [5.74, 6) is 3.02. The molecule has 4 aliphatic heterocycles. The molecule has 0 atom stereocenters. The van der Waals surface area contributed by atoms with Gasteiger partial charge in [-0.15, -0.1) is 0 Å². The van der Waals surface area contributed by atoms with E-state index >= 15 is 0 Å². The molecule has 2 aromatic heterocycles. The first kappa shape index (κ1) is 24.4. The van der Waals surface area contributed by atoms with E-state index in [9.17, 15) is 4.79 Å². The van der Waals surface area contributed by atoms with E-state index < -0.39 is 0 Å². The lowest BCUT2D eigenvalue weighted by Crippen LogP contribution is -2.49. The molecule has 3 aromatic rings. The fourth-order valence-corrected chi connectivity index (χ4v) is 5.98. The van der Waals surface area contributed by atoms with Gasteiger partial charge in [0.2, 0.25) is 18.6 Å². The summed E-state index contributed by atoms with van der Waals surface area (Å²) in [5, 5.41) is 3.46. The third kappa shape index (κ3) is 4.94. The highest BCUT2D eigenvalue weighted by Gasteiger charge is 2.28. The van der Waals surface area contributed by atoms with Gasteiger partial charge < -0.3 is 33.9 Å². The number of rotatable bonds is 7. The molecule has 12 heteroatoms. The Bertz CT molecular complexity index is 1350. The molecule has 7 rings (SSSR count). The van der Waals surface area contributed by atoms with Crippen LogP contribution < -0.4 is 19.7 Å². The standard InChI is InChI=1S/C27H34N8O4/c36-23-2-1-7-33(23)10-11-35-17-28-24-25(29-19-3-4-21-22(16-19)39-18-38-21)30-27(31-26(24)35)34-8-5-20(6-9-34)32-12-14-37-15-13-32/h3-4,16-17,20H,1-2,5-15,18H2,(H,29,30,31). The minimum atomic E-state index is 0.225. The summed E-state index contributed by atoms with van der Waals surface area (Å²) >= 11 is 0. The van der Waals surface area contributed by atoms with Crippen LogP contribution in [0.4, 0.5) is 17.5 Å². The van der Waals surface area contributed by atoms with Gasteiger partial charge >= 0.3 is 0 Å². The second kappa shape index (κ2) is 10.5. The number of anilines is 3. The van der Waals surface area contributed by atoms with Crippen LogP contribution in [0.25, 0.3) is 11.2 Å². The normalized spacial score (nSPS) is 20.4. The number of carbonyl (C=O) groups excluding carboxylic acids is 1. The van der Waals surface area contributed by atoms with Crippen molar-refractivity contribution in [3.8, 4) is 11.5 Å². The Kier molecular flexibility index (Phi) is 6.57. The van der Waals surface area contributed by atoms with Gasteiger partial charge in [-0.05, 0) is 31.4 Å². The smallest absolute Gasteiger partial charge is 0.231 e. The zero-order valence-corrected chi connectivity index (χ0v) is 22.0. The maximum absolute atomic E-state index is 12.2. The molecular weight excluding hydrogens is 500 g/mol. The van der Waals surface area contributed by atoms with Crippen molar-refractivity contribution in [2.75, 3.05) is 69.5 Å². The number of carbonyl (C=O) groups is 1. The van der Waals surface area contributed by atoms with Gasteiger partial charge in [0.05, 0.1) is 19.5 Å². The van der Waals surface area contributed by atoms with Crippen molar-refractivity contribution < 1.29 is 19.0 Å². The first-order valence-electron chi connectivity index (χ1n) is 14.0. The molecule has 4 aliphatic rings. The molecule has 206 valence electrons. The fourth-order valence-electron chi connectivity index (χ4n) is 5.98. The Hall–Kier alpha value is -3.64. The van der Waals surface area contributed by atoms with Crippen LogP contribution in [0, 0.1) is 0 Å². The number of amides is 1. The van der Waals surface area contributed by atoms with E-state index in [0.717, 1.165) is 82.3 Å². The van der Waals surface area contributed by atoms with Gasteiger partial charge in [-0.3, -0.25) is 9.69 Å². The number of imidazole rings is 1. The Morgan fingerprint density at radius 2 is 1.82 bits per heavy atom. The molecule has 3 fully saturated rings. The van der Waals surface area contributed by atoms with Crippen LogP contribution in [-0.2, 0) is 16.1 Å². The molecular formula is C27H34N8O4. The number of fused-ring (bicyclic) bond motifs is 2. The minimum absolute atomic E-state index is 0.225. The topological polar surface area (TPSA) is 110 Å². The monoisotopic (exact) mass is 534 g/mol. The molecule has 1 N–H and O–H groups in total. The zero-order valence-electron chi connectivity index (χ0n) is 22.0. The number of likely N-dealkylation sites (tertiary alicyclic amines) is 1. The van der Waals surface area contributed by atoms with Gasteiger partial charge in [-0.1, -0.05) is 0 Å². The Morgan fingerprint density at radius 3 is 2.64 bits per heavy atom. The Balaban J connectivity index is 1.16. The average Bonchev–Trinajstić information content (AvgIpc) is 3.72. The van der Waals surface area contributed by atoms with Crippen molar-refractivity contribution in [2.45, 2.75) is 38.3 Å². The quantitative estimate of drug-likeness (QED) is 0.485. The van der Waals surface area contributed by atoms with E-state index in [-0.39, 0.29) is 12.7 Å². The number of nitrogens with one attached hydrogen (secondary N) is 1. The van der Waals surface area contributed by atoms with Gasteiger partial charge in [0.15, 0.2) is 28.5 Å². The second-order valence-corrected chi connectivity index (χ2v) is 10.5. The third-order valence-electron chi connectivity index (χ3n) is 8.18. The predicted molar refractivity (Wildman–Crippen MR) is 145 cm³/mol. The Labute approximate surface area is 226 Å². The maximum Gasteiger partial charge on any atom is 0.231 e. The highest BCUT2D eigenvalue weighted by atomic mass is 16.7. The molecule has 0 bridgehead atoms. The van der Waals surface area contributed by atoms with E-state index in [4.69, 9.17) is 29.2 Å². The molecule has 0 aliphatic carbocycles. The zero-order chi connectivity index (χ0) is 26.2. The second-order valence-electron chi connectivity index (χ2n) is 10.5. The lowest BCUT2D eigenvalue weighted by molar-refractivity contribution is -0.127. The summed E-state index contributed by atoms with van der Waals surface area (Å²) in [7, 11) is 0. The summed E-state index contributed by atoms with van der Waals surface area (Å²) in [4.78, 5) is 33.6. The van der Waals surface area contributed by atoms with Crippen molar-refractivity contribution in [3.63, 3.8) is 0 Å². The Morgan fingerprint density at radius 1 is 0.974 bits per heavy atom. The number of ether oxygens (including phenoxy) is 3. The number of hydrogen-bond donors (Lipinski definition) is 1. The molecule has 1 amide bonds. The van der Waals surface area contributed by atoms with Gasteiger partial charge in [-0.2, -0.15) is 9.97 Å². The van der Waals surface area contributed by atoms with Gasteiger partial charge in [0.1, 0.15) is 0 Å². The van der Waals surface area contributed by atoms with Crippen molar-refractivity contribution in [1.82, 2.24) is 29.3 Å². The van der Waals surface area contributed by atoms with Crippen molar-refractivity contribution in [3.05, 3.63) is 24.5 Å². The number of aromatic nitrogens is 4. The minimum Gasteiger partial charge on any atom is -0.454 e. The van der Waals surface area contributed by atoms with Crippen LogP contribution in [0.1, 0.15) is 25.7 Å². The number of benzene rings is 1. The van der Waals surface area contributed by atoms with Crippen molar-refractivity contribution in [1.29, 1.82) is 0 Å². The maximum atomic E-state index is 12.2. The number of morpholine rings is 1. The highest BCUT2D eigenvalue weighted by molar-refractivity contribution is 5.87. The summed E-state index contributed by atoms with van der Waals surface area (Å²) < 4.78 is 18.6. The number of nitrogens with zero attached hydrogens (tertiary/aromatic N) is 7. The van der Waals surface area contributed by atoms with Crippen LogP contribution in [-0.4, -0.2) is 101 Å². The van der Waals surface area contributed by atoms with Crippen LogP contribution in [0.15, 0.2) is 24.5 Å². The lowest BCUT2D eigenvalue weighted by atomic mass is 10.0. The largest absolute Gasteiger partial charge is 0.454 e. The summed E-state index contributed by atoms with van der Waals surface area (Å²) in [6.45, 7) is 7.79. The first-order chi connectivity index (χ1) is 19.2.